The van der Waals surface area contributed by atoms with Gasteiger partial charge in [-0.2, -0.15) is 0 Å². The Kier molecular flexibility index (Phi) is 4.78. The second-order valence-electron chi connectivity index (χ2n) is 4.94. The van der Waals surface area contributed by atoms with E-state index in [1.54, 1.807) is 18.2 Å². The molecule has 1 heterocycles. The number of hydrogen-bond donors (Lipinski definition) is 1. The monoisotopic (exact) mass is 384 g/mol. The fraction of sp³-hybridized carbons (Fsp3) is 0.125. The molecule has 0 fully saturated rings. The van der Waals surface area contributed by atoms with Crippen molar-refractivity contribution in [2.75, 3.05) is 11.9 Å². The summed E-state index contributed by atoms with van der Waals surface area (Å²) in [5.74, 6) is -0.124. The summed E-state index contributed by atoms with van der Waals surface area (Å²) in [5.41, 5.74) is 2.21. The number of aromatic nitrogens is 1. The van der Waals surface area contributed by atoms with Gasteiger partial charge in [0.2, 0.25) is 0 Å². The number of Topliss-reactive ketones (excluding diaryl/α,β-unsaturated/α-hetero) is 1. The number of nitrogens with zero attached hydrogens (tertiary/aromatic N) is 1. The minimum atomic E-state index is -0.124. The van der Waals surface area contributed by atoms with E-state index in [0.717, 1.165) is 15.8 Å². The van der Waals surface area contributed by atoms with Crippen molar-refractivity contribution < 1.29 is 4.79 Å². The van der Waals surface area contributed by atoms with Crippen LogP contribution in [0.5, 0.6) is 0 Å². The summed E-state index contributed by atoms with van der Waals surface area (Å²) in [6.07, 6.45) is 0. The average molecular weight is 386 g/mol. The molecule has 0 aliphatic heterocycles. The fourth-order valence-electron chi connectivity index (χ4n) is 2.14. The van der Waals surface area contributed by atoms with E-state index in [4.69, 9.17) is 34.8 Å². The Labute approximate surface area is 152 Å². The van der Waals surface area contributed by atoms with Gasteiger partial charge in [-0.3, -0.25) is 4.79 Å². The van der Waals surface area contributed by atoms with Crippen LogP contribution in [0.25, 0.3) is 10.2 Å². The largest absolute Gasteiger partial charge is 0.354 e. The van der Waals surface area contributed by atoms with Crippen LogP contribution in [0, 0.1) is 6.92 Å². The molecule has 0 amide bonds. The lowest BCUT2D eigenvalue weighted by atomic mass is 10.1. The molecule has 1 N–H and O–H groups in total. The normalized spacial score (nSPS) is 11.0. The summed E-state index contributed by atoms with van der Waals surface area (Å²) in [4.78, 5) is 16.7. The molecule has 0 atom stereocenters. The van der Waals surface area contributed by atoms with Gasteiger partial charge < -0.3 is 5.32 Å². The highest BCUT2D eigenvalue weighted by Crippen LogP contribution is 2.31. The van der Waals surface area contributed by atoms with Crippen molar-refractivity contribution in [2.45, 2.75) is 6.92 Å². The highest BCUT2D eigenvalue weighted by Gasteiger charge is 2.13. The Balaban J connectivity index is 1.78. The number of ketones is 1. The number of fused-ring (bicyclic) bond motifs is 1. The van der Waals surface area contributed by atoms with Crippen molar-refractivity contribution in [3.63, 3.8) is 0 Å². The van der Waals surface area contributed by atoms with Crippen LogP contribution in [0.1, 0.15) is 15.9 Å². The molecule has 3 nitrogen and oxygen atoms in total. The molecular formula is C16H11Cl3N2OS. The van der Waals surface area contributed by atoms with Gasteiger partial charge in [0.25, 0.3) is 0 Å². The summed E-state index contributed by atoms with van der Waals surface area (Å²) >= 11 is 19.5. The van der Waals surface area contributed by atoms with Gasteiger partial charge in [0.15, 0.2) is 10.9 Å². The molecule has 7 heteroatoms. The van der Waals surface area contributed by atoms with E-state index in [2.05, 4.69) is 10.3 Å². The predicted molar refractivity (Wildman–Crippen MR) is 98.6 cm³/mol. The molecular weight excluding hydrogens is 375 g/mol. The summed E-state index contributed by atoms with van der Waals surface area (Å²) in [5, 5.41) is 5.24. The van der Waals surface area contributed by atoms with Gasteiger partial charge in [0, 0.05) is 15.6 Å². The number of nitrogens with one attached hydrogen (secondary N) is 1. The van der Waals surface area contributed by atoms with E-state index < -0.39 is 0 Å². The van der Waals surface area contributed by atoms with Gasteiger partial charge >= 0.3 is 0 Å². The van der Waals surface area contributed by atoms with Gasteiger partial charge in [0.05, 0.1) is 21.8 Å². The van der Waals surface area contributed by atoms with Crippen LogP contribution in [0.2, 0.25) is 15.1 Å². The molecule has 0 saturated carbocycles. The number of benzene rings is 2. The SMILES string of the molecule is Cc1c(Cl)ccc2sc(NCC(=O)c3ccc(Cl)cc3Cl)nc12. The van der Waals surface area contributed by atoms with Crippen molar-refractivity contribution in [1.29, 1.82) is 0 Å². The second-order valence-corrected chi connectivity index (χ2v) is 7.22. The lowest BCUT2D eigenvalue weighted by molar-refractivity contribution is 0.101. The molecule has 1 aromatic heterocycles. The van der Waals surface area contributed by atoms with Crippen LogP contribution < -0.4 is 5.32 Å². The lowest BCUT2D eigenvalue weighted by Crippen LogP contribution is -2.14. The van der Waals surface area contributed by atoms with E-state index in [1.807, 2.05) is 19.1 Å². The van der Waals surface area contributed by atoms with Crippen molar-refractivity contribution in [1.82, 2.24) is 4.98 Å². The number of thiazole rings is 1. The Hall–Kier alpha value is -1.33. The Morgan fingerprint density at radius 2 is 1.96 bits per heavy atom. The Morgan fingerprint density at radius 1 is 1.17 bits per heavy atom. The summed E-state index contributed by atoms with van der Waals surface area (Å²) in [6.45, 7) is 2.03. The first-order valence-electron chi connectivity index (χ1n) is 6.73. The number of halogens is 3. The van der Waals surface area contributed by atoms with Gasteiger partial charge in [-0.25, -0.2) is 4.98 Å². The van der Waals surface area contributed by atoms with Gasteiger partial charge in [0.1, 0.15) is 0 Å². The maximum Gasteiger partial charge on any atom is 0.184 e. The zero-order valence-electron chi connectivity index (χ0n) is 12.0. The fourth-order valence-corrected chi connectivity index (χ4v) is 3.73. The maximum atomic E-state index is 12.3. The molecule has 118 valence electrons. The molecule has 2 aromatic carbocycles. The molecule has 0 unspecified atom stereocenters. The molecule has 0 aliphatic carbocycles. The topological polar surface area (TPSA) is 42.0 Å². The number of carbonyl (C=O) groups is 1. The average Bonchev–Trinajstić information content (AvgIpc) is 2.92. The molecule has 0 aliphatic rings. The zero-order valence-corrected chi connectivity index (χ0v) is 15.1. The smallest absolute Gasteiger partial charge is 0.184 e. The van der Waals surface area contributed by atoms with Crippen LogP contribution in [-0.2, 0) is 0 Å². The number of rotatable bonds is 4. The van der Waals surface area contributed by atoms with E-state index in [0.29, 0.717) is 25.8 Å². The molecule has 0 spiro atoms. The first kappa shape index (κ1) is 16.5. The summed E-state index contributed by atoms with van der Waals surface area (Å²) < 4.78 is 1.02. The van der Waals surface area contributed by atoms with Crippen LogP contribution in [0.4, 0.5) is 5.13 Å². The molecule has 0 radical (unpaired) electrons. The van der Waals surface area contributed by atoms with E-state index in [-0.39, 0.29) is 12.3 Å². The molecule has 0 saturated heterocycles. The van der Waals surface area contributed by atoms with Crippen LogP contribution in [0.15, 0.2) is 30.3 Å². The minimum absolute atomic E-state index is 0.105. The number of aryl methyl sites for hydroxylation is 1. The van der Waals surface area contributed by atoms with Crippen LogP contribution in [-0.4, -0.2) is 17.3 Å². The van der Waals surface area contributed by atoms with E-state index >= 15 is 0 Å². The van der Waals surface area contributed by atoms with Crippen molar-refractivity contribution in [3.05, 3.63) is 56.5 Å². The summed E-state index contributed by atoms with van der Waals surface area (Å²) in [6, 6.07) is 8.59. The van der Waals surface area contributed by atoms with E-state index in [1.165, 1.54) is 11.3 Å². The lowest BCUT2D eigenvalue weighted by Gasteiger charge is -2.04. The van der Waals surface area contributed by atoms with E-state index in [9.17, 15) is 4.79 Å². The quantitative estimate of drug-likeness (QED) is 0.572. The Morgan fingerprint density at radius 3 is 2.70 bits per heavy atom. The molecule has 0 bridgehead atoms. The van der Waals surface area contributed by atoms with Crippen molar-refractivity contribution in [2.24, 2.45) is 0 Å². The highest BCUT2D eigenvalue weighted by atomic mass is 35.5. The molecule has 3 rings (SSSR count). The first-order valence-corrected chi connectivity index (χ1v) is 8.68. The third-order valence-electron chi connectivity index (χ3n) is 3.38. The molecule has 23 heavy (non-hydrogen) atoms. The first-order chi connectivity index (χ1) is 11.0. The van der Waals surface area contributed by atoms with Crippen LogP contribution >= 0.6 is 46.1 Å². The van der Waals surface area contributed by atoms with Gasteiger partial charge in [-0.05, 0) is 42.8 Å². The number of anilines is 1. The Bertz CT molecular complexity index is 908. The maximum absolute atomic E-state index is 12.3. The van der Waals surface area contributed by atoms with Crippen LogP contribution in [0.3, 0.4) is 0 Å². The predicted octanol–water partition coefficient (Wildman–Crippen LogP) is 5.86. The van der Waals surface area contributed by atoms with Crippen molar-refractivity contribution in [3.8, 4) is 0 Å². The second kappa shape index (κ2) is 6.65. The third-order valence-corrected chi connectivity index (χ3v) is 5.32. The zero-order chi connectivity index (χ0) is 16.6. The van der Waals surface area contributed by atoms with Gasteiger partial charge in [-0.1, -0.05) is 46.1 Å². The third kappa shape index (κ3) is 3.45. The summed E-state index contributed by atoms with van der Waals surface area (Å²) in [7, 11) is 0. The minimum Gasteiger partial charge on any atom is -0.354 e. The number of carbonyl (C=O) groups excluding carboxylic acids is 1. The molecule has 3 aromatic rings. The number of hydrogen-bond acceptors (Lipinski definition) is 4. The van der Waals surface area contributed by atoms with Crippen molar-refractivity contribution >= 4 is 67.3 Å². The highest BCUT2D eigenvalue weighted by molar-refractivity contribution is 7.22. The standard InChI is InChI=1S/C16H11Cl3N2OS/c1-8-11(18)4-5-14-15(8)21-16(23-14)20-7-13(22)10-3-2-9(17)6-12(10)19/h2-6H,7H2,1H3,(H,20,21). The van der Waals surface area contributed by atoms with Gasteiger partial charge in [-0.15, -0.1) is 0 Å².